The van der Waals surface area contributed by atoms with Crippen LogP contribution in [0.25, 0.3) is 0 Å². The Bertz CT molecular complexity index is 932. The summed E-state index contributed by atoms with van der Waals surface area (Å²) in [6.07, 6.45) is 3.42. The molecule has 0 aliphatic rings. The Morgan fingerprint density at radius 3 is 2.59 bits per heavy atom. The zero-order valence-electron chi connectivity index (χ0n) is 15.6. The lowest BCUT2D eigenvalue weighted by molar-refractivity contribution is -0.123. The van der Waals surface area contributed by atoms with Crippen LogP contribution in [0.15, 0.2) is 54.9 Å². The van der Waals surface area contributed by atoms with Gasteiger partial charge in [-0.15, -0.1) is 0 Å². The predicted octanol–water partition coefficient (Wildman–Crippen LogP) is 3.46. The highest BCUT2D eigenvalue weighted by Gasteiger charge is 2.21. The second-order valence-electron chi connectivity index (χ2n) is 6.56. The van der Waals surface area contributed by atoms with Gasteiger partial charge in [-0.25, -0.2) is 9.37 Å². The van der Waals surface area contributed by atoms with Gasteiger partial charge >= 0.3 is 0 Å². The van der Waals surface area contributed by atoms with E-state index in [9.17, 15) is 9.18 Å². The second kappa shape index (κ2) is 8.03. The standard InChI is InChI=1S/C21H22FN3O2/c1-14-9-15(2)11-18(10-14)27-13-19(26)24-20(21-23-7-8-25(21)3)16-5-4-6-17(22)12-16/h4-12,20H,13H2,1-3H3,(H,24,26)/t20-/m0/s1. The maximum absolute atomic E-state index is 13.7. The number of carbonyl (C=O) groups is 1. The highest BCUT2D eigenvalue weighted by molar-refractivity contribution is 5.78. The molecular formula is C21H22FN3O2. The van der Waals surface area contributed by atoms with Gasteiger partial charge in [0.2, 0.25) is 0 Å². The molecule has 0 saturated heterocycles. The predicted molar refractivity (Wildman–Crippen MR) is 101 cm³/mol. The maximum atomic E-state index is 13.7. The minimum Gasteiger partial charge on any atom is -0.484 e. The molecule has 0 saturated carbocycles. The average Bonchev–Trinajstić information content (AvgIpc) is 3.03. The summed E-state index contributed by atoms with van der Waals surface area (Å²) in [6.45, 7) is 3.81. The lowest BCUT2D eigenvalue weighted by Crippen LogP contribution is -2.34. The number of imidazole rings is 1. The molecule has 2 aromatic carbocycles. The van der Waals surface area contributed by atoms with Gasteiger partial charge in [-0.3, -0.25) is 4.79 Å². The van der Waals surface area contributed by atoms with Crippen molar-refractivity contribution in [2.75, 3.05) is 6.61 Å². The van der Waals surface area contributed by atoms with Gasteiger partial charge in [0, 0.05) is 19.4 Å². The average molecular weight is 367 g/mol. The van der Waals surface area contributed by atoms with Crippen molar-refractivity contribution < 1.29 is 13.9 Å². The Kier molecular flexibility index (Phi) is 5.54. The van der Waals surface area contributed by atoms with E-state index in [4.69, 9.17) is 4.74 Å². The van der Waals surface area contributed by atoms with Crippen LogP contribution in [0.2, 0.25) is 0 Å². The zero-order chi connectivity index (χ0) is 19.4. The molecule has 1 atom stereocenters. The monoisotopic (exact) mass is 367 g/mol. The van der Waals surface area contributed by atoms with Crippen molar-refractivity contribution in [1.82, 2.24) is 14.9 Å². The van der Waals surface area contributed by atoms with Crippen LogP contribution in [0.4, 0.5) is 4.39 Å². The summed E-state index contributed by atoms with van der Waals surface area (Å²) in [7, 11) is 1.83. The van der Waals surface area contributed by atoms with Crippen molar-refractivity contribution in [3.05, 3.63) is 83.2 Å². The highest BCUT2D eigenvalue weighted by Crippen LogP contribution is 2.21. The number of nitrogens with zero attached hydrogens (tertiary/aromatic N) is 2. The molecule has 0 aliphatic carbocycles. The van der Waals surface area contributed by atoms with Crippen molar-refractivity contribution in [1.29, 1.82) is 0 Å². The fourth-order valence-electron chi connectivity index (χ4n) is 3.01. The first-order valence-electron chi connectivity index (χ1n) is 8.65. The Hall–Kier alpha value is -3.15. The molecule has 140 valence electrons. The number of carbonyl (C=O) groups excluding carboxylic acids is 1. The smallest absolute Gasteiger partial charge is 0.258 e. The fraction of sp³-hybridized carbons (Fsp3) is 0.238. The quantitative estimate of drug-likeness (QED) is 0.726. The lowest BCUT2D eigenvalue weighted by Gasteiger charge is -2.19. The molecular weight excluding hydrogens is 345 g/mol. The number of amides is 1. The molecule has 1 heterocycles. The van der Waals surface area contributed by atoms with E-state index in [0.29, 0.717) is 17.1 Å². The molecule has 0 radical (unpaired) electrons. The molecule has 6 heteroatoms. The van der Waals surface area contributed by atoms with Crippen LogP contribution in [0.5, 0.6) is 5.75 Å². The molecule has 27 heavy (non-hydrogen) atoms. The van der Waals surface area contributed by atoms with E-state index in [1.807, 2.05) is 39.1 Å². The van der Waals surface area contributed by atoms with E-state index in [-0.39, 0.29) is 18.3 Å². The first kappa shape index (κ1) is 18.6. The van der Waals surface area contributed by atoms with Gasteiger partial charge in [0.1, 0.15) is 23.4 Å². The van der Waals surface area contributed by atoms with Gasteiger partial charge in [0.15, 0.2) is 6.61 Å². The van der Waals surface area contributed by atoms with Crippen molar-refractivity contribution in [2.45, 2.75) is 19.9 Å². The Labute approximate surface area is 157 Å². The first-order chi connectivity index (χ1) is 12.9. The van der Waals surface area contributed by atoms with E-state index < -0.39 is 6.04 Å². The van der Waals surface area contributed by atoms with Crippen LogP contribution in [-0.2, 0) is 11.8 Å². The lowest BCUT2D eigenvalue weighted by atomic mass is 10.1. The van der Waals surface area contributed by atoms with Crippen LogP contribution >= 0.6 is 0 Å². The second-order valence-corrected chi connectivity index (χ2v) is 6.56. The third-order valence-electron chi connectivity index (χ3n) is 4.17. The number of hydrogen-bond acceptors (Lipinski definition) is 3. The molecule has 0 aliphatic heterocycles. The zero-order valence-corrected chi connectivity index (χ0v) is 15.6. The number of halogens is 1. The van der Waals surface area contributed by atoms with E-state index in [1.54, 1.807) is 29.1 Å². The number of benzene rings is 2. The highest BCUT2D eigenvalue weighted by atomic mass is 19.1. The van der Waals surface area contributed by atoms with Gasteiger partial charge < -0.3 is 14.6 Å². The maximum Gasteiger partial charge on any atom is 0.258 e. The van der Waals surface area contributed by atoms with Crippen LogP contribution in [-0.4, -0.2) is 22.1 Å². The fourth-order valence-corrected chi connectivity index (χ4v) is 3.01. The summed E-state index contributed by atoms with van der Waals surface area (Å²) >= 11 is 0. The number of ether oxygens (including phenoxy) is 1. The van der Waals surface area contributed by atoms with E-state index >= 15 is 0 Å². The van der Waals surface area contributed by atoms with Crippen LogP contribution in [0, 0.1) is 19.7 Å². The minimum atomic E-state index is -0.573. The van der Waals surface area contributed by atoms with Crippen LogP contribution in [0.1, 0.15) is 28.6 Å². The molecule has 1 N–H and O–H groups in total. The van der Waals surface area contributed by atoms with Crippen molar-refractivity contribution in [3.8, 4) is 5.75 Å². The van der Waals surface area contributed by atoms with Crippen molar-refractivity contribution >= 4 is 5.91 Å². The third kappa shape index (κ3) is 4.73. The van der Waals surface area contributed by atoms with Crippen LogP contribution < -0.4 is 10.1 Å². The Morgan fingerprint density at radius 2 is 1.96 bits per heavy atom. The molecule has 3 rings (SSSR count). The summed E-state index contributed by atoms with van der Waals surface area (Å²) < 4.78 is 21.1. The summed E-state index contributed by atoms with van der Waals surface area (Å²) in [5, 5.41) is 2.89. The van der Waals surface area contributed by atoms with Crippen LogP contribution in [0.3, 0.4) is 0 Å². The number of aryl methyl sites for hydroxylation is 3. The molecule has 5 nitrogen and oxygen atoms in total. The Balaban J connectivity index is 1.76. The molecule has 0 spiro atoms. The van der Waals surface area contributed by atoms with Gasteiger partial charge in [-0.05, 0) is 54.8 Å². The topological polar surface area (TPSA) is 56.1 Å². The molecule has 0 fully saturated rings. The molecule has 0 bridgehead atoms. The van der Waals surface area contributed by atoms with Gasteiger partial charge in [-0.2, -0.15) is 0 Å². The van der Waals surface area contributed by atoms with E-state index in [2.05, 4.69) is 10.3 Å². The molecule has 1 amide bonds. The largest absolute Gasteiger partial charge is 0.484 e. The summed E-state index contributed by atoms with van der Waals surface area (Å²) in [4.78, 5) is 16.8. The van der Waals surface area contributed by atoms with Gasteiger partial charge in [-0.1, -0.05) is 18.2 Å². The summed E-state index contributed by atoms with van der Waals surface area (Å²) in [5.41, 5.74) is 2.75. The van der Waals surface area contributed by atoms with Gasteiger partial charge in [0.05, 0.1) is 0 Å². The van der Waals surface area contributed by atoms with Crippen molar-refractivity contribution in [3.63, 3.8) is 0 Å². The van der Waals surface area contributed by atoms with Crippen molar-refractivity contribution in [2.24, 2.45) is 7.05 Å². The molecule has 3 aromatic rings. The van der Waals surface area contributed by atoms with E-state index in [1.165, 1.54) is 12.1 Å². The number of nitrogens with one attached hydrogen (secondary N) is 1. The third-order valence-corrected chi connectivity index (χ3v) is 4.17. The Morgan fingerprint density at radius 1 is 1.22 bits per heavy atom. The molecule has 1 aromatic heterocycles. The van der Waals surface area contributed by atoms with Gasteiger partial charge in [0.25, 0.3) is 5.91 Å². The number of hydrogen-bond donors (Lipinski definition) is 1. The SMILES string of the molecule is Cc1cc(C)cc(OCC(=O)N[C@@H](c2cccc(F)c2)c2nccn2C)c1. The first-order valence-corrected chi connectivity index (χ1v) is 8.65. The summed E-state index contributed by atoms with van der Waals surface area (Å²) in [5.74, 6) is 0.571. The van der Waals surface area contributed by atoms with E-state index in [0.717, 1.165) is 11.1 Å². The minimum absolute atomic E-state index is 0.140. The number of aromatic nitrogens is 2. The summed E-state index contributed by atoms with van der Waals surface area (Å²) in [6, 6.07) is 11.3. The molecule has 0 unspecified atom stereocenters. The number of rotatable bonds is 6. The normalized spacial score (nSPS) is 11.9.